The second kappa shape index (κ2) is 13.7. The van der Waals surface area contributed by atoms with Crippen LogP contribution >= 0.6 is 0 Å². The maximum Gasteiger partial charge on any atom is 0.246 e. The van der Waals surface area contributed by atoms with E-state index in [4.69, 9.17) is 5.73 Å². The number of amides is 3. The van der Waals surface area contributed by atoms with Gasteiger partial charge in [-0.15, -0.1) is 0 Å². The van der Waals surface area contributed by atoms with Crippen molar-refractivity contribution in [3.63, 3.8) is 0 Å². The van der Waals surface area contributed by atoms with Crippen molar-refractivity contribution in [1.82, 2.24) is 10.6 Å². The second-order valence-corrected chi connectivity index (χ2v) is 5.96. The molecule has 0 aromatic rings. The van der Waals surface area contributed by atoms with E-state index in [2.05, 4.69) is 30.4 Å². The highest BCUT2D eigenvalue weighted by Crippen LogP contribution is 2.08. The Hall–Kier alpha value is -2.70. The smallest absolute Gasteiger partial charge is 0.246 e. The Morgan fingerprint density at radius 1 is 1.04 bits per heavy atom. The maximum atomic E-state index is 10.9. The van der Waals surface area contributed by atoms with Crippen LogP contribution in [0.4, 0.5) is 0 Å². The van der Waals surface area contributed by atoms with Crippen LogP contribution in [0.25, 0.3) is 0 Å². The average Bonchev–Trinajstić information content (AvgIpc) is 2.45. The lowest BCUT2D eigenvalue weighted by Gasteiger charge is -2.23. The molecule has 0 aliphatic heterocycles. The highest BCUT2D eigenvalue weighted by atomic mass is 16.2. The summed E-state index contributed by atoms with van der Waals surface area (Å²) in [6, 6.07) is 0. The summed E-state index contributed by atoms with van der Waals surface area (Å²) >= 11 is 0. The van der Waals surface area contributed by atoms with Crippen LogP contribution in [0.2, 0.25) is 0 Å². The van der Waals surface area contributed by atoms with Crippen LogP contribution in [0.1, 0.15) is 41.0 Å². The van der Waals surface area contributed by atoms with Gasteiger partial charge < -0.3 is 16.4 Å². The molecule has 7 heteroatoms. The van der Waals surface area contributed by atoms with Crippen molar-refractivity contribution >= 4 is 23.5 Å². The van der Waals surface area contributed by atoms with Crippen LogP contribution < -0.4 is 16.4 Å². The molecule has 0 spiro atoms. The van der Waals surface area contributed by atoms with Crippen LogP contribution in [0, 0.1) is 0 Å². The molecule has 0 fully saturated rings. The molecule has 0 bridgehead atoms. The fourth-order valence-corrected chi connectivity index (χ4v) is 1.26. The molecule has 0 aliphatic rings. The van der Waals surface area contributed by atoms with Gasteiger partial charge in [0.15, 0.2) is 0 Å². The van der Waals surface area contributed by atoms with Crippen LogP contribution in [-0.2, 0) is 19.2 Å². The predicted octanol–water partition coefficient (Wildman–Crippen LogP) is 1.40. The van der Waals surface area contributed by atoms with Crippen LogP contribution in [-0.4, -0.2) is 36.1 Å². The maximum absolute atomic E-state index is 10.9. The summed E-state index contributed by atoms with van der Waals surface area (Å²) in [5, 5.41) is 5.09. The van der Waals surface area contributed by atoms with E-state index >= 15 is 0 Å². The minimum atomic E-state index is -0.475. The summed E-state index contributed by atoms with van der Waals surface area (Å²) in [6.45, 7) is 18.4. The number of carbonyl (C=O) groups excluding carboxylic acids is 4. The lowest BCUT2D eigenvalue weighted by Crippen LogP contribution is -2.43. The van der Waals surface area contributed by atoms with Gasteiger partial charge in [0.25, 0.3) is 0 Å². The molecule has 0 unspecified atom stereocenters. The van der Waals surface area contributed by atoms with Gasteiger partial charge in [0, 0.05) is 30.2 Å². The van der Waals surface area contributed by atoms with Gasteiger partial charge >= 0.3 is 0 Å². The largest absolute Gasteiger partial charge is 0.366 e. The first-order chi connectivity index (χ1) is 11.2. The summed E-state index contributed by atoms with van der Waals surface area (Å²) in [6.07, 6.45) is 1.54. The molecule has 0 radical (unpaired) electrons. The molecule has 3 amide bonds. The van der Waals surface area contributed by atoms with Gasteiger partial charge in [0.05, 0.1) is 0 Å². The number of nitrogens with two attached hydrogens (primary N) is 1. The van der Waals surface area contributed by atoms with E-state index in [-0.39, 0.29) is 17.6 Å². The summed E-state index contributed by atoms with van der Waals surface area (Å²) in [7, 11) is 1.58. The van der Waals surface area contributed by atoms with Gasteiger partial charge in [0.2, 0.25) is 17.7 Å². The summed E-state index contributed by atoms with van der Waals surface area (Å²) in [4.78, 5) is 41.7. The Kier molecular flexibility index (Phi) is 14.9. The number of Topliss-reactive ketones (excluding diaryl/α,β-unsaturated/α-hetero) is 1. The SMILES string of the molecule is C=C(C)C(=O)NC.C=C(C)C(N)=O.C=CC(=O)NC(C)(C)CC(C)=O. The van der Waals surface area contributed by atoms with Crippen molar-refractivity contribution < 1.29 is 19.2 Å². The third-order valence-corrected chi connectivity index (χ3v) is 2.37. The molecule has 0 saturated heterocycles. The molecule has 0 aromatic carbocycles. The third-order valence-electron chi connectivity index (χ3n) is 2.37. The molecule has 0 atom stereocenters. The molecular formula is C18H31N3O4. The standard InChI is InChI=1S/C9H15NO2.C5H9NO.C4H7NO/c1-5-8(12)10-9(3,4)6-7(2)11;1-4(2)5(7)6-3;1-3(2)4(5)6/h5H,1,6H2,2-4H3,(H,10,12);1H2,2-3H3,(H,6,7);1H2,2H3,(H2,5,6). The summed E-state index contributed by atoms with van der Waals surface area (Å²) in [5.74, 6) is -0.722. The zero-order valence-corrected chi connectivity index (χ0v) is 16.1. The van der Waals surface area contributed by atoms with Crippen molar-refractivity contribution in [2.75, 3.05) is 7.05 Å². The predicted molar refractivity (Wildman–Crippen MR) is 101 cm³/mol. The van der Waals surface area contributed by atoms with Crippen molar-refractivity contribution in [2.45, 2.75) is 46.6 Å². The Morgan fingerprint density at radius 3 is 1.60 bits per heavy atom. The molecule has 25 heavy (non-hydrogen) atoms. The lowest BCUT2D eigenvalue weighted by atomic mass is 9.98. The minimum absolute atomic E-state index is 0.0596. The molecular weight excluding hydrogens is 322 g/mol. The normalized spacial score (nSPS) is 9.04. The minimum Gasteiger partial charge on any atom is -0.366 e. The quantitative estimate of drug-likeness (QED) is 0.625. The lowest BCUT2D eigenvalue weighted by molar-refractivity contribution is -0.121. The fourth-order valence-electron chi connectivity index (χ4n) is 1.26. The molecule has 142 valence electrons. The van der Waals surface area contributed by atoms with E-state index < -0.39 is 11.4 Å². The third kappa shape index (κ3) is 21.3. The molecule has 7 nitrogen and oxygen atoms in total. The van der Waals surface area contributed by atoms with Crippen LogP contribution in [0.3, 0.4) is 0 Å². The van der Waals surface area contributed by atoms with Gasteiger partial charge in [-0.25, -0.2) is 0 Å². The Bertz CT molecular complexity index is 522. The van der Waals surface area contributed by atoms with Crippen LogP contribution in [0.5, 0.6) is 0 Å². The first-order valence-corrected chi connectivity index (χ1v) is 7.47. The van der Waals surface area contributed by atoms with Gasteiger partial charge in [0.1, 0.15) is 5.78 Å². The molecule has 0 heterocycles. The molecule has 0 rings (SSSR count). The van der Waals surface area contributed by atoms with Gasteiger partial charge in [-0.05, 0) is 40.7 Å². The van der Waals surface area contributed by atoms with Crippen molar-refractivity contribution in [3.8, 4) is 0 Å². The number of nitrogens with one attached hydrogen (secondary N) is 2. The summed E-state index contributed by atoms with van der Waals surface area (Å²) < 4.78 is 0. The topological polar surface area (TPSA) is 118 Å². The number of hydrogen-bond donors (Lipinski definition) is 3. The molecule has 0 aromatic heterocycles. The molecule has 0 saturated carbocycles. The van der Waals surface area contributed by atoms with E-state index in [1.54, 1.807) is 34.7 Å². The van der Waals surface area contributed by atoms with E-state index in [0.717, 1.165) is 0 Å². The monoisotopic (exact) mass is 353 g/mol. The Morgan fingerprint density at radius 2 is 1.44 bits per heavy atom. The van der Waals surface area contributed by atoms with E-state index in [9.17, 15) is 19.2 Å². The zero-order chi connectivity index (χ0) is 20.8. The van der Waals surface area contributed by atoms with Crippen molar-refractivity contribution in [1.29, 1.82) is 0 Å². The highest BCUT2D eigenvalue weighted by Gasteiger charge is 2.20. The van der Waals surface area contributed by atoms with E-state index in [0.29, 0.717) is 17.6 Å². The number of likely N-dealkylation sites (N-methyl/N-ethyl adjacent to an activating group) is 1. The van der Waals surface area contributed by atoms with Crippen molar-refractivity contribution in [3.05, 3.63) is 37.0 Å². The van der Waals surface area contributed by atoms with E-state index in [1.165, 1.54) is 13.0 Å². The van der Waals surface area contributed by atoms with Crippen molar-refractivity contribution in [2.24, 2.45) is 5.73 Å². The number of carbonyl (C=O) groups is 4. The second-order valence-electron chi connectivity index (χ2n) is 5.96. The van der Waals surface area contributed by atoms with Crippen LogP contribution in [0.15, 0.2) is 37.0 Å². The van der Waals surface area contributed by atoms with E-state index in [1.807, 2.05) is 0 Å². The van der Waals surface area contributed by atoms with Gasteiger partial charge in [-0.1, -0.05) is 19.7 Å². The number of rotatable bonds is 6. The number of ketones is 1. The first-order valence-electron chi connectivity index (χ1n) is 7.47. The summed E-state index contributed by atoms with van der Waals surface area (Å²) in [5.41, 5.74) is 5.16. The molecule has 0 aliphatic carbocycles. The highest BCUT2D eigenvalue weighted by molar-refractivity contribution is 5.91. The number of hydrogen-bond acceptors (Lipinski definition) is 4. The Labute approximate surface area is 150 Å². The fraction of sp³-hybridized carbons (Fsp3) is 0.444. The number of primary amides is 1. The zero-order valence-electron chi connectivity index (χ0n) is 16.1. The Balaban J connectivity index is -0.000000317. The first kappa shape index (κ1) is 27.2. The van der Waals surface area contributed by atoms with Gasteiger partial charge in [-0.2, -0.15) is 0 Å². The average molecular weight is 353 g/mol. The molecule has 4 N–H and O–H groups in total. The van der Waals surface area contributed by atoms with Gasteiger partial charge in [-0.3, -0.25) is 19.2 Å².